The van der Waals surface area contributed by atoms with Gasteiger partial charge in [-0.25, -0.2) is 13.1 Å². The van der Waals surface area contributed by atoms with Crippen molar-refractivity contribution in [3.8, 4) is 0 Å². The van der Waals surface area contributed by atoms with Crippen molar-refractivity contribution in [3.63, 3.8) is 0 Å². The molecule has 0 aliphatic carbocycles. The summed E-state index contributed by atoms with van der Waals surface area (Å²) in [5.74, 6) is 0. The second kappa shape index (κ2) is 5.84. The summed E-state index contributed by atoms with van der Waals surface area (Å²) in [6.45, 7) is 5.01. The smallest absolute Gasteiger partial charge is 0.209 e. The van der Waals surface area contributed by atoms with Crippen LogP contribution in [0.1, 0.15) is 26.7 Å². The van der Waals surface area contributed by atoms with E-state index < -0.39 is 15.6 Å². The first-order valence-corrected chi connectivity index (χ1v) is 7.68. The molecule has 6 heteroatoms. The largest absolute Gasteiger partial charge is 0.497 e. The summed E-state index contributed by atoms with van der Waals surface area (Å²) in [7, 11) is -3.17. The summed E-state index contributed by atoms with van der Waals surface area (Å²) < 4.78 is 30.3. The number of nitrogens with one attached hydrogen (secondary N) is 2. The molecule has 0 radical (unpaired) electrons. The monoisotopic (exact) mass is 262 g/mol. The predicted molar refractivity (Wildman–Crippen MR) is 68.2 cm³/mol. The van der Waals surface area contributed by atoms with Gasteiger partial charge in [0, 0.05) is 18.6 Å². The molecule has 1 heterocycles. The lowest BCUT2D eigenvalue weighted by atomic mass is 10.1. The minimum Gasteiger partial charge on any atom is -0.497 e. The molecule has 0 spiro atoms. The van der Waals surface area contributed by atoms with Crippen LogP contribution in [0, 0.1) is 0 Å². The molecule has 2 N–H and O–H groups in total. The molecular weight excluding hydrogens is 240 g/mol. The Kier molecular flexibility index (Phi) is 4.97. The molecule has 0 aromatic heterocycles. The van der Waals surface area contributed by atoms with E-state index in [1.807, 2.05) is 19.9 Å². The molecule has 1 aliphatic rings. The highest BCUT2D eigenvalue weighted by Crippen LogP contribution is 2.09. The lowest BCUT2D eigenvalue weighted by Crippen LogP contribution is -2.51. The average molecular weight is 262 g/mol. The van der Waals surface area contributed by atoms with Crippen LogP contribution in [0.25, 0.3) is 0 Å². The van der Waals surface area contributed by atoms with Gasteiger partial charge in [-0.15, -0.1) is 0 Å². The van der Waals surface area contributed by atoms with Crippen molar-refractivity contribution in [3.05, 3.63) is 12.3 Å². The van der Waals surface area contributed by atoms with E-state index in [0.717, 1.165) is 19.4 Å². The van der Waals surface area contributed by atoms with Gasteiger partial charge in [-0.05, 0) is 32.8 Å². The maximum Gasteiger partial charge on any atom is 0.209 e. The lowest BCUT2D eigenvalue weighted by Gasteiger charge is -2.27. The van der Waals surface area contributed by atoms with Crippen LogP contribution in [0.2, 0.25) is 0 Å². The molecule has 1 unspecified atom stereocenters. The van der Waals surface area contributed by atoms with Gasteiger partial charge in [0.25, 0.3) is 0 Å². The van der Waals surface area contributed by atoms with Gasteiger partial charge in [-0.2, -0.15) is 0 Å². The zero-order valence-electron chi connectivity index (χ0n) is 10.7. The molecule has 0 bridgehead atoms. The third-order valence-electron chi connectivity index (χ3n) is 2.42. The Morgan fingerprint density at radius 1 is 1.47 bits per heavy atom. The molecule has 0 saturated heterocycles. The molecule has 0 amide bonds. The molecule has 100 valence electrons. The van der Waals surface area contributed by atoms with Crippen LogP contribution in [0.4, 0.5) is 0 Å². The molecule has 1 aliphatic heterocycles. The molecule has 0 fully saturated rings. The highest BCUT2D eigenvalue weighted by molar-refractivity contribution is 7.88. The maximum absolute atomic E-state index is 11.1. The quantitative estimate of drug-likeness (QED) is 0.735. The SMILES string of the molecule is CC(C)(CNCC1CCC=CO1)NS(C)(=O)=O. The van der Waals surface area contributed by atoms with Crippen LogP contribution >= 0.6 is 0 Å². The molecule has 5 nitrogen and oxygen atoms in total. The fourth-order valence-corrected chi connectivity index (χ4v) is 2.89. The molecule has 0 aromatic carbocycles. The number of ether oxygens (including phenoxy) is 1. The van der Waals surface area contributed by atoms with Gasteiger partial charge >= 0.3 is 0 Å². The Labute approximate surface area is 104 Å². The standard InChI is InChI=1S/C11H22N2O3S/c1-11(2,13-17(3,14)15)9-12-8-10-6-4-5-7-16-10/h5,7,10,12-13H,4,6,8-9H2,1-3H3. The first-order chi connectivity index (χ1) is 7.79. The topological polar surface area (TPSA) is 67.4 Å². The van der Waals surface area contributed by atoms with Crippen molar-refractivity contribution >= 4 is 10.0 Å². The van der Waals surface area contributed by atoms with Crippen molar-refractivity contribution in [1.29, 1.82) is 0 Å². The Morgan fingerprint density at radius 3 is 2.71 bits per heavy atom. The predicted octanol–water partition coefficient (Wildman–Crippen LogP) is 0.597. The Hall–Kier alpha value is -0.590. The molecule has 1 atom stereocenters. The summed E-state index contributed by atoms with van der Waals surface area (Å²) in [4.78, 5) is 0. The van der Waals surface area contributed by atoms with E-state index in [-0.39, 0.29) is 6.10 Å². The van der Waals surface area contributed by atoms with Gasteiger partial charge in [-0.3, -0.25) is 0 Å². The van der Waals surface area contributed by atoms with Crippen molar-refractivity contribution in [2.24, 2.45) is 0 Å². The fraction of sp³-hybridized carbons (Fsp3) is 0.818. The van der Waals surface area contributed by atoms with E-state index >= 15 is 0 Å². The van der Waals surface area contributed by atoms with Gasteiger partial charge in [0.05, 0.1) is 12.5 Å². The van der Waals surface area contributed by atoms with E-state index in [2.05, 4.69) is 10.0 Å². The van der Waals surface area contributed by atoms with Crippen molar-refractivity contribution in [2.45, 2.75) is 38.3 Å². The van der Waals surface area contributed by atoms with Gasteiger partial charge in [0.15, 0.2) is 0 Å². The zero-order chi connectivity index (χ0) is 12.9. The minimum atomic E-state index is -3.17. The second-order valence-corrected chi connectivity index (χ2v) is 6.84. The zero-order valence-corrected chi connectivity index (χ0v) is 11.5. The Morgan fingerprint density at radius 2 is 2.18 bits per heavy atom. The van der Waals surface area contributed by atoms with E-state index in [1.165, 1.54) is 6.26 Å². The van der Waals surface area contributed by atoms with E-state index in [9.17, 15) is 8.42 Å². The molecule has 1 rings (SSSR count). The van der Waals surface area contributed by atoms with Crippen molar-refractivity contribution in [2.75, 3.05) is 19.3 Å². The van der Waals surface area contributed by atoms with Gasteiger partial charge in [-0.1, -0.05) is 0 Å². The van der Waals surface area contributed by atoms with Crippen LogP contribution in [-0.2, 0) is 14.8 Å². The summed E-state index contributed by atoms with van der Waals surface area (Å²) >= 11 is 0. The van der Waals surface area contributed by atoms with Gasteiger partial charge in [0.1, 0.15) is 6.10 Å². The first-order valence-electron chi connectivity index (χ1n) is 5.79. The molecular formula is C11H22N2O3S. The number of hydrogen-bond acceptors (Lipinski definition) is 4. The Bertz CT molecular complexity index is 363. The van der Waals surface area contributed by atoms with Gasteiger partial charge in [0.2, 0.25) is 10.0 Å². The van der Waals surface area contributed by atoms with Crippen molar-refractivity contribution in [1.82, 2.24) is 10.0 Å². The van der Waals surface area contributed by atoms with Crippen LogP contribution in [0.5, 0.6) is 0 Å². The van der Waals surface area contributed by atoms with Crippen molar-refractivity contribution < 1.29 is 13.2 Å². The molecule has 17 heavy (non-hydrogen) atoms. The Balaban J connectivity index is 2.27. The highest BCUT2D eigenvalue weighted by Gasteiger charge is 2.22. The van der Waals surface area contributed by atoms with Crippen LogP contribution < -0.4 is 10.0 Å². The number of allylic oxidation sites excluding steroid dienone is 1. The van der Waals surface area contributed by atoms with E-state index in [0.29, 0.717) is 6.54 Å². The van der Waals surface area contributed by atoms with Crippen LogP contribution in [0.3, 0.4) is 0 Å². The molecule has 0 saturated carbocycles. The van der Waals surface area contributed by atoms with Gasteiger partial charge < -0.3 is 10.1 Å². The van der Waals surface area contributed by atoms with Crippen LogP contribution in [-0.4, -0.2) is 39.4 Å². The summed E-state index contributed by atoms with van der Waals surface area (Å²) in [5.41, 5.74) is -0.488. The first kappa shape index (κ1) is 14.5. The average Bonchev–Trinajstić information content (AvgIpc) is 2.15. The van der Waals surface area contributed by atoms with E-state index in [4.69, 9.17) is 4.74 Å². The number of hydrogen-bond donors (Lipinski definition) is 2. The third-order valence-corrected chi connectivity index (χ3v) is 3.35. The number of rotatable bonds is 6. The van der Waals surface area contributed by atoms with E-state index in [1.54, 1.807) is 6.26 Å². The summed E-state index contributed by atoms with van der Waals surface area (Å²) in [5, 5.41) is 3.23. The van der Waals surface area contributed by atoms with Crippen LogP contribution in [0.15, 0.2) is 12.3 Å². The molecule has 0 aromatic rings. The minimum absolute atomic E-state index is 0.189. The number of sulfonamides is 1. The fourth-order valence-electron chi connectivity index (χ4n) is 1.82. The second-order valence-electron chi connectivity index (χ2n) is 5.10. The lowest BCUT2D eigenvalue weighted by molar-refractivity contribution is 0.121. The highest BCUT2D eigenvalue weighted by atomic mass is 32.2. The maximum atomic E-state index is 11.1. The summed E-state index contributed by atoms with van der Waals surface area (Å²) in [6, 6.07) is 0. The third kappa shape index (κ3) is 6.65. The summed E-state index contributed by atoms with van der Waals surface area (Å²) in [6.07, 6.45) is 7.14. The normalized spacial score (nSPS) is 21.2.